The van der Waals surface area contributed by atoms with Crippen LogP contribution in [0, 0.1) is 18.3 Å². The first kappa shape index (κ1) is 24.2. The van der Waals surface area contributed by atoms with Gasteiger partial charge in [0.25, 0.3) is 0 Å². The molecule has 7 heteroatoms. The van der Waals surface area contributed by atoms with Gasteiger partial charge in [0, 0.05) is 59.4 Å². The highest BCUT2D eigenvalue weighted by molar-refractivity contribution is 7.15. The molecule has 1 aliphatic carbocycles. The Hall–Kier alpha value is -3.19. The van der Waals surface area contributed by atoms with Crippen LogP contribution in [0.1, 0.15) is 57.0 Å². The third-order valence-electron chi connectivity index (χ3n) is 7.92. The number of nitrogens with one attached hydrogen (secondary N) is 2. The van der Waals surface area contributed by atoms with Crippen LogP contribution in [0.2, 0.25) is 0 Å². The molecule has 2 N–H and O–H groups in total. The minimum absolute atomic E-state index is 0.342. The zero-order valence-corrected chi connectivity index (χ0v) is 23.1. The van der Waals surface area contributed by atoms with Crippen molar-refractivity contribution in [2.45, 2.75) is 59.8 Å². The van der Waals surface area contributed by atoms with E-state index in [4.69, 9.17) is 15.0 Å². The van der Waals surface area contributed by atoms with E-state index in [-0.39, 0.29) is 0 Å². The predicted molar refractivity (Wildman–Crippen MR) is 154 cm³/mol. The first-order valence-corrected chi connectivity index (χ1v) is 14.4. The van der Waals surface area contributed by atoms with Crippen molar-refractivity contribution < 1.29 is 0 Å². The molecule has 6 nitrogen and oxygen atoms in total. The molecule has 4 aromatic rings. The number of nitrogens with zero attached hydrogens (tertiary/aromatic N) is 4. The first-order chi connectivity index (χ1) is 17.8. The van der Waals surface area contributed by atoms with E-state index in [9.17, 15) is 0 Å². The molecule has 1 saturated heterocycles. The predicted octanol–water partition coefficient (Wildman–Crippen LogP) is 7.31. The Morgan fingerprint density at radius 3 is 2.84 bits per heavy atom. The highest BCUT2D eigenvalue weighted by atomic mass is 32.1. The lowest BCUT2D eigenvalue weighted by molar-refractivity contribution is 0.312. The molecule has 0 radical (unpaired) electrons. The number of rotatable bonds is 3. The van der Waals surface area contributed by atoms with Gasteiger partial charge in [-0.05, 0) is 61.6 Å². The number of aryl methyl sites for hydroxylation is 2. The highest BCUT2D eigenvalue weighted by Gasteiger charge is 2.26. The molecule has 1 atom stereocenters. The summed E-state index contributed by atoms with van der Waals surface area (Å²) < 4.78 is 0. The van der Waals surface area contributed by atoms with E-state index in [2.05, 4.69) is 78.3 Å². The van der Waals surface area contributed by atoms with Crippen LogP contribution in [-0.4, -0.2) is 38.0 Å². The van der Waals surface area contributed by atoms with Gasteiger partial charge in [0.1, 0.15) is 16.1 Å². The Morgan fingerprint density at radius 1 is 1.11 bits per heavy atom. The molecule has 1 fully saturated rings. The topological polar surface area (TPSA) is 73.5 Å². The molecule has 5 heterocycles. The van der Waals surface area contributed by atoms with Crippen molar-refractivity contribution in [1.82, 2.24) is 24.9 Å². The SMILES string of the molecule is CCC1CCN(c2cc3nc(c2)scc(C)[nH]c2cc([nH]3)c(-c3ccc4c(n3)CCC(C)(C)C4)cn2)C1. The van der Waals surface area contributed by atoms with Crippen molar-refractivity contribution in [2.75, 3.05) is 18.0 Å². The van der Waals surface area contributed by atoms with Gasteiger partial charge in [0.15, 0.2) is 0 Å². The van der Waals surface area contributed by atoms with Gasteiger partial charge in [-0.15, -0.1) is 11.3 Å². The number of H-pyrrole nitrogens is 2. The standard InChI is InChI=1S/C30H36N6S/c1-5-20-9-11-36(17-20)22-12-28-34-26-14-27(32-19(2)18-37-29(13-22)35-28)31-16-23(26)25-7-6-21-15-30(3,4)10-8-24(21)33-25/h6-7,12-14,16,18,20H,5,8-11,15,17H2,1-4H3,(H,31,32)(H,34,35). The molecule has 0 aromatic carbocycles. The number of pyridine rings is 3. The second-order valence-electron chi connectivity index (χ2n) is 11.5. The third-order valence-corrected chi connectivity index (χ3v) is 8.84. The van der Waals surface area contributed by atoms with Crippen molar-refractivity contribution in [1.29, 1.82) is 0 Å². The average Bonchev–Trinajstić information content (AvgIpc) is 3.36. The van der Waals surface area contributed by atoms with E-state index in [0.29, 0.717) is 5.41 Å². The zero-order chi connectivity index (χ0) is 25.6. The largest absolute Gasteiger partial charge is 0.371 e. The molecule has 0 amide bonds. The van der Waals surface area contributed by atoms with Gasteiger partial charge < -0.3 is 14.9 Å². The molecular formula is C30H36N6S. The second kappa shape index (κ2) is 9.60. The summed E-state index contributed by atoms with van der Waals surface area (Å²) in [5.74, 6) is 0.768. The van der Waals surface area contributed by atoms with Gasteiger partial charge in [-0.25, -0.2) is 9.97 Å². The molecule has 6 rings (SSSR count). The van der Waals surface area contributed by atoms with E-state index >= 15 is 0 Å². The lowest BCUT2D eigenvalue weighted by Crippen LogP contribution is -2.23. The summed E-state index contributed by atoms with van der Waals surface area (Å²) >= 11 is 1.64. The normalized spacial score (nSPS) is 18.7. The van der Waals surface area contributed by atoms with Gasteiger partial charge in [0.2, 0.25) is 0 Å². The van der Waals surface area contributed by atoms with Crippen molar-refractivity contribution >= 4 is 38.7 Å². The van der Waals surface area contributed by atoms with Crippen LogP contribution < -0.4 is 4.90 Å². The first-order valence-electron chi connectivity index (χ1n) is 13.5. The Bertz CT molecular complexity index is 1540. The molecule has 37 heavy (non-hydrogen) atoms. The van der Waals surface area contributed by atoms with Crippen LogP contribution in [0.15, 0.2) is 41.9 Å². The summed E-state index contributed by atoms with van der Waals surface area (Å²) in [6, 6.07) is 10.9. The highest BCUT2D eigenvalue weighted by Crippen LogP contribution is 2.35. The molecule has 2 aliphatic rings. The Morgan fingerprint density at radius 2 is 2.00 bits per heavy atom. The smallest absolute Gasteiger partial charge is 0.134 e. The molecule has 4 bridgehead atoms. The summed E-state index contributed by atoms with van der Waals surface area (Å²) in [5, 5.41) is 2.11. The maximum atomic E-state index is 5.13. The molecule has 1 aliphatic heterocycles. The van der Waals surface area contributed by atoms with Crippen molar-refractivity contribution in [3.05, 3.63) is 58.9 Å². The minimum atomic E-state index is 0.342. The summed E-state index contributed by atoms with van der Waals surface area (Å²) in [7, 11) is 0. The maximum Gasteiger partial charge on any atom is 0.134 e. The van der Waals surface area contributed by atoms with Crippen molar-refractivity contribution in [3.8, 4) is 11.3 Å². The summed E-state index contributed by atoms with van der Waals surface area (Å²) in [4.78, 5) is 25.4. The molecule has 192 valence electrons. The van der Waals surface area contributed by atoms with Crippen LogP contribution in [0.4, 0.5) is 5.69 Å². The van der Waals surface area contributed by atoms with Gasteiger partial charge in [0.05, 0.1) is 11.2 Å². The monoisotopic (exact) mass is 512 g/mol. The lowest BCUT2D eigenvalue weighted by atomic mass is 9.76. The summed E-state index contributed by atoms with van der Waals surface area (Å²) in [6.45, 7) is 11.3. The van der Waals surface area contributed by atoms with Gasteiger partial charge >= 0.3 is 0 Å². The van der Waals surface area contributed by atoms with Crippen LogP contribution in [-0.2, 0) is 12.8 Å². The fraction of sp³-hybridized carbons (Fsp3) is 0.433. The van der Waals surface area contributed by atoms with Crippen molar-refractivity contribution in [2.24, 2.45) is 11.3 Å². The van der Waals surface area contributed by atoms with E-state index in [1.165, 1.54) is 36.2 Å². The molecular weight excluding hydrogens is 476 g/mol. The number of fused-ring (bicyclic) bond motifs is 5. The summed E-state index contributed by atoms with van der Waals surface area (Å²) in [6.07, 6.45) is 7.69. The summed E-state index contributed by atoms with van der Waals surface area (Å²) in [5.41, 5.74) is 9.78. The Kier molecular flexibility index (Phi) is 6.27. The van der Waals surface area contributed by atoms with Crippen molar-refractivity contribution in [3.63, 3.8) is 0 Å². The van der Waals surface area contributed by atoms with E-state index in [1.807, 2.05) is 6.20 Å². The number of hydrogen-bond donors (Lipinski definition) is 2. The minimum Gasteiger partial charge on any atom is -0.371 e. The molecule has 0 saturated carbocycles. The number of aromatic amines is 2. The fourth-order valence-corrected chi connectivity index (χ4v) is 6.36. The van der Waals surface area contributed by atoms with Crippen LogP contribution in [0.25, 0.3) is 32.9 Å². The van der Waals surface area contributed by atoms with Gasteiger partial charge in [-0.1, -0.05) is 33.3 Å². The second-order valence-corrected chi connectivity index (χ2v) is 12.4. The number of anilines is 1. The fourth-order valence-electron chi connectivity index (χ4n) is 5.67. The lowest BCUT2D eigenvalue weighted by Gasteiger charge is -2.30. The van der Waals surface area contributed by atoms with E-state index < -0.39 is 0 Å². The van der Waals surface area contributed by atoms with Crippen LogP contribution in [0.5, 0.6) is 0 Å². The molecule has 0 spiro atoms. The number of aromatic nitrogens is 5. The van der Waals surface area contributed by atoms with Gasteiger partial charge in [-0.2, -0.15) is 0 Å². The molecule has 4 aromatic heterocycles. The number of hydrogen-bond acceptors (Lipinski definition) is 5. The maximum absolute atomic E-state index is 5.13. The zero-order valence-electron chi connectivity index (χ0n) is 22.3. The Balaban J connectivity index is 1.52. The Labute approximate surface area is 222 Å². The van der Waals surface area contributed by atoms with E-state index in [1.54, 1.807) is 11.3 Å². The quantitative estimate of drug-likeness (QED) is 0.302. The molecule has 1 unspecified atom stereocenters. The van der Waals surface area contributed by atoms with Crippen LogP contribution >= 0.6 is 11.3 Å². The van der Waals surface area contributed by atoms with E-state index in [0.717, 1.165) is 70.4 Å². The third kappa shape index (κ3) is 5.14. The average molecular weight is 513 g/mol. The van der Waals surface area contributed by atoms with Gasteiger partial charge in [-0.3, -0.25) is 4.98 Å². The van der Waals surface area contributed by atoms with Crippen LogP contribution in [0.3, 0.4) is 0 Å².